The number of carbonyl (C=O) groups is 2. The molecule has 1 aromatic carbocycles. The fraction of sp³-hybridized carbons (Fsp3) is 0.450. The van der Waals surface area contributed by atoms with Gasteiger partial charge in [-0.15, -0.1) is 12.4 Å². The van der Waals surface area contributed by atoms with Crippen LogP contribution in [0.5, 0.6) is 0 Å². The van der Waals surface area contributed by atoms with Gasteiger partial charge in [-0.2, -0.15) is 5.10 Å². The van der Waals surface area contributed by atoms with Crippen molar-refractivity contribution in [1.29, 1.82) is 0 Å². The minimum absolute atomic E-state index is 0. The van der Waals surface area contributed by atoms with E-state index in [1.807, 2.05) is 24.3 Å². The lowest BCUT2D eigenvalue weighted by Gasteiger charge is -2.31. The Morgan fingerprint density at radius 1 is 1.29 bits per heavy atom. The summed E-state index contributed by atoms with van der Waals surface area (Å²) >= 11 is 0. The second kappa shape index (κ2) is 9.21. The molecule has 0 atom stereocenters. The van der Waals surface area contributed by atoms with Crippen molar-refractivity contribution in [3.63, 3.8) is 0 Å². The van der Waals surface area contributed by atoms with Gasteiger partial charge in [-0.05, 0) is 44.9 Å². The van der Waals surface area contributed by atoms with E-state index in [-0.39, 0.29) is 18.3 Å². The second-order valence-electron chi connectivity index (χ2n) is 7.00. The van der Waals surface area contributed by atoms with Crippen LogP contribution in [0.3, 0.4) is 0 Å². The molecule has 1 aliphatic rings. The van der Waals surface area contributed by atoms with E-state index >= 15 is 0 Å². The number of amides is 1. The van der Waals surface area contributed by atoms with Gasteiger partial charge in [0.1, 0.15) is 5.56 Å². The Bertz CT molecular complexity index is 844. The van der Waals surface area contributed by atoms with E-state index in [0.29, 0.717) is 36.4 Å². The molecular formula is C20H27ClN4O3. The van der Waals surface area contributed by atoms with E-state index in [0.717, 1.165) is 24.9 Å². The highest BCUT2D eigenvalue weighted by molar-refractivity contribution is 5.98. The second-order valence-corrected chi connectivity index (χ2v) is 7.00. The first-order chi connectivity index (χ1) is 12.9. The minimum Gasteiger partial charge on any atom is -0.462 e. The summed E-state index contributed by atoms with van der Waals surface area (Å²) < 4.78 is 6.70. The van der Waals surface area contributed by atoms with Crippen LogP contribution in [0.1, 0.15) is 55.1 Å². The van der Waals surface area contributed by atoms with Crippen LogP contribution in [-0.2, 0) is 9.53 Å². The molecule has 1 saturated carbocycles. The lowest BCUT2D eigenvalue weighted by Crippen LogP contribution is -2.52. The molecule has 8 heteroatoms. The number of benzene rings is 1. The molecule has 7 nitrogen and oxygen atoms in total. The number of nitrogens with two attached hydrogens (primary N) is 1. The van der Waals surface area contributed by atoms with Crippen molar-refractivity contribution in [3.05, 3.63) is 41.7 Å². The number of halogens is 1. The topological polar surface area (TPSA) is 99.2 Å². The number of nitrogens with zero attached hydrogens (tertiary/aromatic N) is 2. The molecule has 1 fully saturated rings. The van der Waals surface area contributed by atoms with Crippen molar-refractivity contribution in [3.8, 4) is 5.69 Å². The van der Waals surface area contributed by atoms with Crippen molar-refractivity contribution in [1.82, 2.24) is 9.78 Å². The molecule has 1 amide bonds. The number of anilines is 1. The maximum absolute atomic E-state index is 12.6. The Labute approximate surface area is 171 Å². The third kappa shape index (κ3) is 4.54. The molecule has 0 bridgehead atoms. The zero-order chi connectivity index (χ0) is 19.4. The SMILES string of the molecule is CCOC(=O)c1cnn(-c2cccc(NC(=O)C3(N)CCCCC3)c2)c1C.Cl. The lowest BCUT2D eigenvalue weighted by atomic mass is 9.82. The monoisotopic (exact) mass is 406 g/mol. The predicted octanol–water partition coefficient (Wildman–Crippen LogP) is 3.38. The average molecular weight is 407 g/mol. The highest BCUT2D eigenvalue weighted by Crippen LogP contribution is 2.27. The van der Waals surface area contributed by atoms with Crippen molar-refractivity contribution < 1.29 is 14.3 Å². The number of aromatic nitrogens is 2. The molecule has 1 heterocycles. The van der Waals surface area contributed by atoms with Crippen molar-refractivity contribution in [2.75, 3.05) is 11.9 Å². The number of ether oxygens (including phenoxy) is 1. The predicted molar refractivity (Wildman–Crippen MR) is 110 cm³/mol. The van der Waals surface area contributed by atoms with Crippen LogP contribution in [0, 0.1) is 6.92 Å². The van der Waals surface area contributed by atoms with Crippen LogP contribution in [-0.4, -0.2) is 33.8 Å². The first-order valence-electron chi connectivity index (χ1n) is 9.37. The highest BCUT2D eigenvalue weighted by atomic mass is 35.5. The summed E-state index contributed by atoms with van der Waals surface area (Å²) in [5.41, 5.74) is 8.01. The molecule has 0 aliphatic heterocycles. The largest absolute Gasteiger partial charge is 0.462 e. The van der Waals surface area contributed by atoms with Gasteiger partial charge in [-0.25, -0.2) is 9.48 Å². The maximum Gasteiger partial charge on any atom is 0.341 e. The number of rotatable bonds is 5. The van der Waals surface area contributed by atoms with Gasteiger partial charge in [0.2, 0.25) is 5.91 Å². The van der Waals surface area contributed by atoms with Crippen LogP contribution in [0.25, 0.3) is 5.69 Å². The van der Waals surface area contributed by atoms with E-state index in [9.17, 15) is 9.59 Å². The number of carbonyl (C=O) groups excluding carboxylic acids is 2. The van der Waals surface area contributed by atoms with Gasteiger partial charge in [-0.3, -0.25) is 4.79 Å². The number of esters is 1. The van der Waals surface area contributed by atoms with Crippen molar-refractivity contribution in [2.24, 2.45) is 5.73 Å². The summed E-state index contributed by atoms with van der Waals surface area (Å²) in [6, 6.07) is 7.33. The highest BCUT2D eigenvalue weighted by Gasteiger charge is 2.35. The summed E-state index contributed by atoms with van der Waals surface area (Å²) in [6.45, 7) is 3.88. The van der Waals surface area contributed by atoms with Crippen molar-refractivity contribution in [2.45, 2.75) is 51.5 Å². The average Bonchev–Trinajstić information content (AvgIpc) is 3.04. The zero-order valence-corrected chi connectivity index (χ0v) is 17.1. The van der Waals surface area contributed by atoms with Crippen molar-refractivity contribution >= 4 is 30.0 Å². The summed E-state index contributed by atoms with van der Waals surface area (Å²) in [5, 5.41) is 7.23. The van der Waals surface area contributed by atoms with E-state index in [4.69, 9.17) is 10.5 Å². The quantitative estimate of drug-likeness (QED) is 0.741. The number of hydrogen-bond donors (Lipinski definition) is 2. The van der Waals surface area contributed by atoms with E-state index in [2.05, 4.69) is 10.4 Å². The fourth-order valence-corrected chi connectivity index (χ4v) is 3.46. The van der Waals surface area contributed by atoms with Crippen LogP contribution in [0.15, 0.2) is 30.5 Å². The Kier molecular flexibility index (Phi) is 7.21. The number of hydrogen-bond acceptors (Lipinski definition) is 5. The molecule has 0 saturated heterocycles. The third-order valence-corrected chi connectivity index (χ3v) is 5.05. The molecule has 3 rings (SSSR count). The first-order valence-corrected chi connectivity index (χ1v) is 9.37. The van der Waals surface area contributed by atoms with E-state index in [1.54, 1.807) is 18.5 Å². The minimum atomic E-state index is -0.799. The molecule has 28 heavy (non-hydrogen) atoms. The fourth-order valence-electron chi connectivity index (χ4n) is 3.46. The molecule has 1 aromatic heterocycles. The Balaban J connectivity index is 0.00000280. The Hall–Kier alpha value is -2.38. The Morgan fingerprint density at radius 3 is 2.68 bits per heavy atom. The van der Waals surface area contributed by atoms with Crippen LogP contribution in [0.2, 0.25) is 0 Å². The van der Waals surface area contributed by atoms with Gasteiger partial charge in [0.15, 0.2) is 0 Å². The molecule has 0 spiro atoms. The number of nitrogens with one attached hydrogen (secondary N) is 1. The first kappa shape index (κ1) is 21.9. The summed E-state index contributed by atoms with van der Waals surface area (Å²) in [6.07, 6.45) is 6.00. The van der Waals surface area contributed by atoms with Crippen LogP contribution in [0.4, 0.5) is 5.69 Å². The maximum atomic E-state index is 12.6. The molecule has 0 radical (unpaired) electrons. The molecule has 2 aromatic rings. The molecule has 152 valence electrons. The van der Waals surface area contributed by atoms with Gasteiger partial charge < -0.3 is 15.8 Å². The summed E-state index contributed by atoms with van der Waals surface area (Å²) in [4.78, 5) is 24.6. The van der Waals surface area contributed by atoms with E-state index in [1.165, 1.54) is 6.20 Å². The molecule has 1 aliphatic carbocycles. The summed E-state index contributed by atoms with van der Waals surface area (Å²) in [7, 11) is 0. The summed E-state index contributed by atoms with van der Waals surface area (Å²) in [5.74, 6) is -0.545. The Morgan fingerprint density at radius 2 is 2.00 bits per heavy atom. The van der Waals surface area contributed by atoms with Gasteiger partial charge >= 0.3 is 5.97 Å². The smallest absolute Gasteiger partial charge is 0.341 e. The zero-order valence-electron chi connectivity index (χ0n) is 16.2. The van der Waals surface area contributed by atoms with Gasteiger partial charge in [0.05, 0.1) is 29.7 Å². The van der Waals surface area contributed by atoms with Crippen LogP contribution < -0.4 is 11.1 Å². The molecular weight excluding hydrogens is 380 g/mol. The lowest BCUT2D eigenvalue weighted by molar-refractivity contribution is -0.122. The normalized spacial score (nSPS) is 15.4. The molecule has 0 unspecified atom stereocenters. The third-order valence-electron chi connectivity index (χ3n) is 5.05. The van der Waals surface area contributed by atoms with Gasteiger partial charge in [0.25, 0.3) is 0 Å². The van der Waals surface area contributed by atoms with Gasteiger partial charge in [-0.1, -0.05) is 25.3 Å². The van der Waals surface area contributed by atoms with E-state index < -0.39 is 11.5 Å². The van der Waals surface area contributed by atoms with Gasteiger partial charge in [0, 0.05) is 5.69 Å². The standard InChI is InChI=1S/C20H26N4O3.ClH/c1-3-27-18(25)17-13-22-24(14(17)2)16-9-7-8-15(12-16)23-19(26)20(21)10-5-4-6-11-20;/h7-9,12-13H,3-6,10-11,21H2,1-2H3,(H,23,26);1H. The molecule has 3 N–H and O–H groups in total. The van der Waals surface area contributed by atoms with Crippen LogP contribution >= 0.6 is 12.4 Å².